The number of nitrogens with zero attached hydrogens (tertiary/aromatic N) is 4. The second-order valence-corrected chi connectivity index (χ2v) is 6.99. The van der Waals surface area contributed by atoms with Crippen molar-refractivity contribution in [3.05, 3.63) is 41.7 Å². The molecule has 0 bridgehead atoms. The molecule has 0 amide bonds. The van der Waals surface area contributed by atoms with Crippen LogP contribution in [0.25, 0.3) is 0 Å². The van der Waals surface area contributed by atoms with Gasteiger partial charge in [-0.05, 0) is 24.1 Å². The van der Waals surface area contributed by atoms with Crippen molar-refractivity contribution in [1.29, 1.82) is 0 Å². The minimum atomic E-state index is -0.00825. The van der Waals surface area contributed by atoms with Crippen molar-refractivity contribution in [3.8, 4) is 11.5 Å². The van der Waals surface area contributed by atoms with E-state index in [4.69, 9.17) is 14.2 Å². The zero-order valence-corrected chi connectivity index (χ0v) is 17.7. The first kappa shape index (κ1) is 21.0. The van der Waals surface area contributed by atoms with Gasteiger partial charge in [0.05, 0.1) is 33.1 Å². The van der Waals surface area contributed by atoms with Gasteiger partial charge in [0.2, 0.25) is 0 Å². The van der Waals surface area contributed by atoms with Gasteiger partial charge in [-0.25, -0.2) is 0 Å². The molecule has 8 heteroatoms. The van der Waals surface area contributed by atoms with Crippen molar-refractivity contribution >= 4 is 5.96 Å². The van der Waals surface area contributed by atoms with Crippen LogP contribution in [0.4, 0.5) is 0 Å². The Morgan fingerprint density at radius 3 is 2.93 bits per heavy atom. The van der Waals surface area contributed by atoms with Crippen LogP contribution in [0.15, 0.2) is 35.6 Å². The van der Waals surface area contributed by atoms with Gasteiger partial charge in [0.1, 0.15) is 6.10 Å². The van der Waals surface area contributed by atoms with Crippen LogP contribution in [-0.2, 0) is 18.3 Å². The van der Waals surface area contributed by atoms with Gasteiger partial charge in [-0.1, -0.05) is 13.0 Å². The Bertz CT molecular complexity index is 820. The van der Waals surface area contributed by atoms with Crippen LogP contribution in [0, 0.1) is 0 Å². The molecule has 1 unspecified atom stereocenters. The lowest BCUT2D eigenvalue weighted by Gasteiger charge is -2.34. The Labute approximate surface area is 172 Å². The van der Waals surface area contributed by atoms with E-state index in [1.165, 1.54) is 0 Å². The number of guanidine groups is 1. The average molecular weight is 402 g/mol. The van der Waals surface area contributed by atoms with E-state index in [2.05, 4.69) is 27.2 Å². The number of aliphatic imine (C=N–C) groups is 1. The third-order valence-corrected chi connectivity index (χ3v) is 4.81. The molecule has 1 atom stereocenters. The lowest BCUT2D eigenvalue weighted by atomic mass is 10.1. The number of nitrogens with one attached hydrogen (secondary N) is 1. The highest BCUT2D eigenvalue weighted by Crippen LogP contribution is 2.28. The first-order valence-corrected chi connectivity index (χ1v) is 10.00. The number of benzene rings is 1. The number of aromatic nitrogens is 2. The third kappa shape index (κ3) is 5.41. The molecule has 1 fully saturated rings. The predicted octanol–water partition coefficient (Wildman–Crippen LogP) is 2.37. The van der Waals surface area contributed by atoms with Crippen molar-refractivity contribution in [1.82, 2.24) is 20.0 Å². The molecule has 2 heterocycles. The molecule has 0 radical (unpaired) electrons. The van der Waals surface area contributed by atoms with Gasteiger partial charge in [-0.3, -0.25) is 9.67 Å². The summed E-state index contributed by atoms with van der Waals surface area (Å²) in [6, 6.07) is 6.01. The fourth-order valence-corrected chi connectivity index (χ4v) is 3.32. The van der Waals surface area contributed by atoms with Crippen LogP contribution < -0.4 is 14.8 Å². The van der Waals surface area contributed by atoms with E-state index in [1.807, 2.05) is 37.6 Å². The molecule has 0 saturated carbocycles. The number of rotatable bonds is 7. The zero-order chi connectivity index (χ0) is 20.6. The van der Waals surface area contributed by atoms with E-state index in [0.29, 0.717) is 19.8 Å². The normalized spacial score (nSPS) is 17.3. The summed E-state index contributed by atoms with van der Waals surface area (Å²) in [6.07, 6.45) is 4.81. The highest BCUT2D eigenvalue weighted by molar-refractivity contribution is 5.80. The molecule has 1 saturated heterocycles. The number of hydrogen-bond acceptors (Lipinski definition) is 5. The maximum absolute atomic E-state index is 5.93. The minimum absolute atomic E-state index is 0.00825. The molecule has 1 aromatic carbocycles. The van der Waals surface area contributed by atoms with Crippen LogP contribution >= 0.6 is 0 Å². The van der Waals surface area contributed by atoms with Gasteiger partial charge in [0, 0.05) is 38.9 Å². The van der Waals surface area contributed by atoms with Crippen LogP contribution in [0.1, 0.15) is 30.6 Å². The van der Waals surface area contributed by atoms with Crippen molar-refractivity contribution in [3.63, 3.8) is 0 Å². The van der Waals surface area contributed by atoms with Crippen LogP contribution in [-0.4, -0.2) is 61.1 Å². The summed E-state index contributed by atoms with van der Waals surface area (Å²) in [4.78, 5) is 6.68. The average Bonchev–Trinajstić information content (AvgIpc) is 3.19. The summed E-state index contributed by atoms with van der Waals surface area (Å²) in [5.41, 5.74) is 2.18. The number of methoxy groups -OCH3 is 1. The molecular formula is C21H31N5O3. The maximum atomic E-state index is 5.93. The van der Waals surface area contributed by atoms with E-state index < -0.39 is 0 Å². The summed E-state index contributed by atoms with van der Waals surface area (Å²) in [6.45, 7) is 5.59. The van der Waals surface area contributed by atoms with Gasteiger partial charge in [0.25, 0.3) is 0 Å². The highest BCUT2D eigenvalue weighted by atomic mass is 16.5. The van der Waals surface area contributed by atoms with Crippen LogP contribution in [0.5, 0.6) is 11.5 Å². The molecule has 0 aliphatic carbocycles. The number of aryl methyl sites for hydroxylation is 1. The van der Waals surface area contributed by atoms with E-state index in [1.54, 1.807) is 18.8 Å². The zero-order valence-electron chi connectivity index (χ0n) is 17.7. The van der Waals surface area contributed by atoms with Gasteiger partial charge < -0.3 is 24.4 Å². The fourth-order valence-electron chi connectivity index (χ4n) is 3.32. The quantitative estimate of drug-likeness (QED) is 0.567. The highest BCUT2D eigenvalue weighted by Gasteiger charge is 2.25. The SMILES string of the molecule is CCCOc1ccc(CNC(=NC)N2CCOC(c3cnn(C)c3)C2)cc1OC. The van der Waals surface area contributed by atoms with Crippen molar-refractivity contribution in [2.24, 2.45) is 12.0 Å². The smallest absolute Gasteiger partial charge is 0.194 e. The van der Waals surface area contributed by atoms with E-state index >= 15 is 0 Å². The van der Waals surface area contributed by atoms with Gasteiger partial charge in [-0.15, -0.1) is 0 Å². The standard InChI is InChI=1S/C21H31N5O3/c1-5-9-28-18-7-6-16(11-19(18)27-4)12-23-21(22-2)26-8-10-29-20(15-26)17-13-24-25(3)14-17/h6-7,11,13-14,20H,5,8-10,12,15H2,1-4H3,(H,22,23). The second-order valence-electron chi connectivity index (χ2n) is 6.99. The number of hydrogen-bond donors (Lipinski definition) is 1. The molecule has 29 heavy (non-hydrogen) atoms. The molecule has 1 aliphatic rings. The molecule has 2 aromatic rings. The Morgan fingerprint density at radius 2 is 2.24 bits per heavy atom. The van der Waals surface area contributed by atoms with E-state index in [-0.39, 0.29) is 6.10 Å². The predicted molar refractivity (Wildman–Crippen MR) is 112 cm³/mol. The lowest BCUT2D eigenvalue weighted by molar-refractivity contribution is -0.00805. The van der Waals surface area contributed by atoms with Crippen LogP contribution in [0.2, 0.25) is 0 Å². The van der Waals surface area contributed by atoms with Gasteiger partial charge >= 0.3 is 0 Å². The molecule has 1 N–H and O–H groups in total. The first-order chi connectivity index (χ1) is 14.1. The third-order valence-electron chi connectivity index (χ3n) is 4.81. The Hall–Kier alpha value is -2.74. The van der Waals surface area contributed by atoms with Crippen molar-refractivity contribution in [2.45, 2.75) is 26.0 Å². The molecule has 1 aromatic heterocycles. The number of morpholine rings is 1. The molecule has 3 rings (SSSR count). The summed E-state index contributed by atoms with van der Waals surface area (Å²) >= 11 is 0. The first-order valence-electron chi connectivity index (χ1n) is 10.00. The minimum Gasteiger partial charge on any atom is -0.493 e. The molecule has 158 valence electrons. The second kappa shape index (κ2) is 10.2. The molecular weight excluding hydrogens is 370 g/mol. The van der Waals surface area contributed by atoms with Crippen molar-refractivity contribution in [2.75, 3.05) is 40.5 Å². The Balaban J connectivity index is 1.61. The Kier molecular flexibility index (Phi) is 7.35. The summed E-state index contributed by atoms with van der Waals surface area (Å²) < 4.78 is 18.9. The number of ether oxygens (including phenoxy) is 3. The molecule has 1 aliphatic heterocycles. The van der Waals surface area contributed by atoms with Crippen molar-refractivity contribution < 1.29 is 14.2 Å². The monoisotopic (exact) mass is 401 g/mol. The van der Waals surface area contributed by atoms with Gasteiger partial charge in [0.15, 0.2) is 17.5 Å². The topological polar surface area (TPSA) is 73.1 Å². The molecule has 0 spiro atoms. The van der Waals surface area contributed by atoms with Gasteiger partial charge in [-0.2, -0.15) is 5.10 Å². The summed E-state index contributed by atoms with van der Waals surface area (Å²) in [5, 5.41) is 7.70. The van der Waals surface area contributed by atoms with Crippen LogP contribution in [0.3, 0.4) is 0 Å². The maximum Gasteiger partial charge on any atom is 0.194 e. The lowest BCUT2D eigenvalue weighted by Crippen LogP contribution is -2.47. The Morgan fingerprint density at radius 1 is 1.38 bits per heavy atom. The molecule has 8 nitrogen and oxygen atoms in total. The largest absolute Gasteiger partial charge is 0.493 e. The van der Waals surface area contributed by atoms with E-state index in [0.717, 1.165) is 48.1 Å². The van der Waals surface area contributed by atoms with E-state index in [9.17, 15) is 0 Å². The summed E-state index contributed by atoms with van der Waals surface area (Å²) in [7, 11) is 5.38. The summed E-state index contributed by atoms with van der Waals surface area (Å²) in [5.74, 6) is 2.37. The fraction of sp³-hybridized carbons (Fsp3) is 0.524.